The van der Waals surface area contributed by atoms with Gasteiger partial charge in [-0.3, -0.25) is 9.69 Å². The van der Waals surface area contributed by atoms with Crippen LogP contribution < -0.4 is 0 Å². The van der Waals surface area contributed by atoms with Gasteiger partial charge in [-0.25, -0.2) is 4.79 Å². The molecule has 0 aromatic heterocycles. The average molecular weight is 364 g/mol. The third-order valence-electron chi connectivity index (χ3n) is 4.69. The van der Waals surface area contributed by atoms with Crippen LogP contribution in [0.4, 0.5) is 0 Å². The van der Waals surface area contributed by atoms with E-state index in [9.17, 15) is 9.59 Å². The number of methoxy groups -OCH3 is 1. The predicted molar refractivity (Wildman–Crippen MR) is 106 cm³/mol. The van der Waals surface area contributed by atoms with E-state index in [2.05, 4.69) is 33.9 Å². The minimum atomic E-state index is -0.397. The smallest absolute Gasteiger partial charge is 0.337 e. The first-order chi connectivity index (χ1) is 13.2. The summed E-state index contributed by atoms with van der Waals surface area (Å²) in [5.41, 5.74) is 2.24. The van der Waals surface area contributed by atoms with Crippen LogP contribution in [0.3, 0.4) is 0 Å². The van der Waals surface area contributed by atoms with E-state index in [4.69, 9.17) is 0 Å². The molecule has 0 N–H and O–H groups in total. The number of hydrogen-bond donors (Lipinski definition) is 0. The molecule has 2 aromatic carbocycles. The first kappa shape index (κ1) is 18.9. The lowest BCUT2D eigenvalue weighted by Crippen LogP contribution is -2.48. The number of esters is 1. The predicted octanol–water partition coefficient (Wildman–Crippen LogP) is 2.94. The van der Waals surface area contributed by atoms with Crippen molar-refractivity contribution in [2.75, 3.05) is 39.8 Å². The summed E-state index contributed by atoms with van der Waals surface area (Å²) in [5, 5.41) is 0. The van der Waals surface area contributed by atoms with Crippen molar-refractivity contribution in [1.29, 1.82) is 0 Å². The molecule has 0 bridgehead atoms. The quantitative estimate of drug-likeness (QED) is 0.766. The number of nitrogens with zero attached hydrogens (tertiary/aromatic N) is 2. The molecule has 1 aliphatic rings. The van der Waals surface area contributed by atoms with Crippen molar-refractivity contribution < 1.29 is 14.3 Å². The van der Waals surface area contributed by atoms with Crippen LogP contribution in [-0.4, -0.2) is 61.5 Å². The molecule has 5 heteroatoms. The Bertz CT molecular complexity index is 792. The molecule has 1 saturated heterocycles. The van der Waals surface area contributed by atoms with Gasteiger partial charge in [-0.05, 0) is 29.8 Å². The van der Waals surface area contributed by atoms with Crippen LogP contribution >= 0.6 is 0 Å². The molecule has 0 radical (unpaired) electrons. The summed E-state index contributed by atoms with van der Waals surface area (Å²) in [5.74, 6) is -0.392. The fraction of sp³-hybridized carbons (Fsp3) is 0.273. The number of piperazine rings is 1. The molecule has 140 valence electrons. The second kappa shape index (κ2) is 9.14. The molecule has 0 aliphatic carbocycles. The zero-order chi connectivity index (χ0) is 19.1. The maximum atomic E-state index is 12.6. The van der Waals surface area contributed by atoms with Gasteiger partial charge in [0, 0.05) is 38.3 Å². The summed E-state index contributed by atoms with van der Waals surface area (Å²) in [6.07, 6.45) is 4.29. The molecule has 0 saturated carbocycles. The summed E-state index contributed by atoms with van der Waals surface area (Å²) in [6.45, 7) is 3.99. The minimum Gasteiger partial charge on any atom is -0.465 e. The number of hydrogen-bond acceptors (Lipinski definition) is 4. The highest BCUT2D eigenvalue weighted by Crippen LogP contribution is 2.11. The van der Waals surface area contributed by atoms with E-state index in [-0.39, 0.29) is 5.91 Å². The fourth-order valence-electron chi connectivity index (χ4n) is 3.08. The molecular formula is C22H24N2O3. The highest BCUT2D eigenvalue weighted by atomic mass is 16.5. The Balaban J connectivity index is 1.49. The number of carbonyl (C=O) groups excluding carboxylic acids is 2. The Kier molecular flexibility index (Phi) is 6.39. The van der Waals surface area contributed by atoms with Crippen LogP contribution in [0.1, 0.15) is 26.3 Å². The number of amides is 1. The SMILES string of the molecule is COC(=O)c1ccc(C(=O)N2CCN(C/C=C/c3ccccc3)CC2)cc1. The monoisotopic (exact) mass is 364 g/mol. The van der Waals surface area contributed by atoms with Crippen LogP contribution in [0, 0.1) is 0 Å². The summed E-state index contributed by atoms with van der Waals surface area (Å²) in [4.78, 5) is 28.3. The molecule has 0 atom stereocenters. The Labute approximate surface area is 159 Å². The third kappa shape index (κ3) is 5.05. The van der Waals surface area contributed by atoms with Gasteiger partial charge in [0.1, 0.15) is 0 Å². The summed E-state index contributed by atoms with van der Waals surface area (Å²) in [7, 11) is 1.34. The van der Waals surface area contributed by atoms with Gasteiger partial charge < -0.3 is 9.64 Å². The molecule has 0 unspecified atom stereocenters. The summed E-state index contributed by atoms with van der Waals surface area (Å²) >= 11 is 0. The van der Waals surface area contributed by atoms with E-state index in [1.807, 2.05) is 23.1 Å². The molecule has 5 nitrogen and oxygen atoms in total. The van der Waals surface area contributed by atoms with Crippen LogP contribution in [0.15, 0.2) is 60.7 Å². The number of carbonyl (C=O) groups is 2. The highest BCUT2D eigenvalue weighted by Gasteiger charge is 2.21. The van der Waals surface area contributed by atoms with Gasteiger partial charge in [0.15, 0.2) is 0 Å². The summed E-state index contributed by atoms with van der Waals surface area (Å²) < 4.78 is 4.68. The van der Waals surface area contributed by atoms with Crippen LogP contribution in [0.2, 0.25) is 0 Å². The molecule has 1 heterocycles. The van der Waals surface area contributed by atoms with Crippen molar-refractivity contribution in [3.05, 3.63) is 77.4 Å². The number of benzene rings is 2. The lowest BCUT2D eigenvalue weighted by molar-refractivity contribution is 0.0598. The van der Waals surface area contributed by atoms with E-state index in [1.165, 1.54) is 12.7 Å². The molecule has 1 fully saturated rings. The van der Waals surface area contributed by atoms with Gasteiger partial charge in [-0.2, -0.15) is 0 Å². The van der Waals surface area contributed by atoms with Crippen LogP contribution in [0.25, 0.3) is 6.08 Å². The Morgan fingerprint density at radius 3 is 2.19 bits per heavy atom. The van der Waals surface area contributed by atoms with E-state index in [1.54, 1.807) is 24.3 Å². The average Bonchev–Trinajstić information content (AvgIpc) is 2.74. The van der Waals surface area contributed by atoms with Gasteiger partial charge >= 0.3 is 5.97 Å². The molecule has 0 spiro atoms. The lowest BCUT2D eigenvalue weighted by Gasteiger charge is -2.34. The molecule has 1 amide bonds. The third-order valence-corrected chi connectivity index (χ3v) is 4.69. The maximum Gasteiger partial charge on any atom is 0.337 e. The van der Waals surface area contributed by atoms with Gasteiger partial charge in [0.05, 0.1) is 12.7 Å². The zero-order valence-corrected chi connectivity index (χ0v) is 15.5. The standard InChI is InChI=1S/C22H24N2O3/c1-27-22(26)20-11-9-19(10-12-20)21(25)24-16-14-23(15-17-24)13-5-8-18-6-3-2-4-7-18/h2-12H,13-17H2,1H3/b8-5+. The van der Waals surface area contributed by atoms with Crippen molar-refractivity contribution in [3.8, 4) is 0 Å². The van der Waals surface area contributed by atoms with E-state index >= 15 is 0 Å². The van der Waals surface area contributed by atoms with Crippen LogP contribution in [0.5, 0.6) is 0 Å². The largest absolute Gasteiger partial charge is 0.465 e. The van der Waals surface area contributed by atoms with Gasteiger partial charge in [0.25, 0.3) is 5.91 Å². The van der Waals surface area contributed by atoms with Gasteiger partial charge in [0.2, 0.25) is 0 Å². The zero-order valence-electron chi connectivity index (χ0n) is 15.5. The Morgan fingerprint density at radius 1 is 0.926 bits per heavy atom. The fourth-order valence-corrected chi connectivity index (χ4v) is 3.08. The van der Waals surface area contributed by atoms with Crippen molar-refractivity contribution in [2.24, 2.45) is 0 Å². The first-order valence-electron chi connectivity index (χ1n) is 9.09. The molecular weight excluding hydrogens is 340 g/mol. The van der Waals surface area contributed by atoms with Crippen molar-refractivity contribution in [3.63, 3.8) is 0 Å². The molecule has 27 heavy (non-hydrogen) atoms. The summed E-state index contributed by atoms with van der Waals surface area (Å²) in [6, 6.07) is 16.9. The Hall–Kier alpha value is -2.92. The van der Waals surface area contributed by atoms with E-state index in [0.717, 1.165) is 19.6 Å². The molecule has 1 aliphatic heterocycles. The lowest BCUT2D eigenvalue weighted by atomic mass is 10.1. The van der Waals surface area contributed by atoms with E-state index < -0.39 is 5.97 Å². The van der Waals surface area contributed by atoms with E-state index in [0.29, 0.717) is 24.2 Å². The van der Waals surface area contributed by atoms with Gasteiger partial charge in [-0.1, -0.05) is 42.5 Å². The van der Waals surface area contributed by atoms with Gasteiger partial charge in [-0.15, -0.1) is 0 Å². The minimum absolute atomic E-state index is 0.00546. The van der Waals surface area contributed by atoms with Crippen LogP contribution in [-0.2, 0) is 4.74 Å². The molecule has 2 aromatic rings. The molecule has 3 rings (SSSR count). The topological polar surface area (TPSA) is 49.9 Å². The normalized spacial score (nSPS) is 15.1. The number of ether oxygens (including phenoxy) is 1. The second-order valence-electron chi connectivity index (χ2n) is 6.47. The number of rotatable bonds is 5. The Morgan fingerprint density at radius 2 is 1.56 bits per heavy atom. The first-order valence-corrected chi connectivity index (χ1v) is 9.09. The maximum absolute atomic E-state index is 12.6. The van der Waals surface area contributed by atoms with Crippen molar-refractivity contribution in [2.45, 2.75) is 0 Å². The second-order valence-corrected chi connectivity index (χ2v) is 6.47. The highest BCUT2D eigenvalue weighted by molar-refractivity contribution is 5.96. The van der Waals surface area contributed by atoms with Crippen molar-refractivity contribution >= 4 is 18.0 Å². The van der Waals surface area contributed by atoms with Crippen molar-refractivity contribution in [1.82, 2.24) is 9.80 Å².